The number of amides is 3. The van der Waals surface area contributed by atoms with E-state index in [-0.39, 0.29) is 24.5 Å². The summed E-state index contributed by atoms with van der Waals surface area (Å²) in [5, 5.41) is 2.91. The third-order valence-electron chi connectivity index (χ3n) is 5.35. The number of nitrogens with zero attached hydrogens (tertiary/aromatic N) is 3. The number of carbonyl (C=O) groups is 2. The van der Waals surface area contributed by atoms with E-state index in [4.69, 9.17) is 0 Å². The van der Waals surface area contributed by atoms with Crippen LogP contribution in [0.25, 0.3) is 0 Å². The molecule has 29 heavy (non-hydrogen) atoms. The predicted octanol–water partition coefficient (Wildman–Crippen LogP) is 3.64. The van der Waals surface area contributed by atoms with Crippen LogP contribution in [-0.2, 0) is 11.3 Å². The molecule has 0 saturated heterocycles. The van der Waals surface area contributed by atoms with E-state index in [1.54, 1.807) is 4.90 Å². The molecule has 0 unspecified atom stereocenters. The van der Waals surface area contributed by atoms with Crippen LogP contribution >= 0.6 is 0 Å². The zero-order valence-corrected chi connectivity index (χ0v) is 17.9. The Hall–Kier alpha value is -2.76. The number of carbonyl (C=O) groups excluding carboxylic acids is 2. The topological polar surface area (TPSA) is 57.6 Å². The van der Waals surface area contributed by atoms with Gasteiger partial charge >= 0.3 is 6.03 Å². The number of rotatable bonds is 5. The van der Waals surface area contributed by atoms with Crippen molar-refractivity contribution in [3.63, 3.8) is 0 Å². The van der Waals surface area contributed by atoms with Gasteiger partial charge in [-0.2, -0.15) is 0 Å². The van der Waals surface area contributed by atoms with Crippen molar-refractivity contribution >= 4 is 11.9 Å². The van der Waals surface area contributed by atoms with Gasteiger partial charge < -0.3 is 19.7 Å². The second-order valence-corrected chi connectivity index (χ2v) is 8.52. The fraction of sp³-hybridized carbons (Fsp3) is 0.478. The van der Waals surface area contributed by atoms with E-state index in [1.165, 1.54) is 0 Å². The number of nitrogens with one attached hydrogen (secondary N) is 1. The third kappa shape index (κ3) is 4.63. The Morgan fingerprint density at radius 3 is 2.48 bits per heavy atom. The molecule has 156 valence electrons. The summed E-state index contributed by atoms with van der Waals surface area (Å²) in [6.45, 7) is 9.93. The number of hydrogen-bond acceptors (Lipinski definition) is 2. The molecule has 6 nitrogen and oxygen atoms in total. The summed E-state index contributed by atoms with van der Waals surface area (Å²) in [4.78, 5) is 29.7. The zero-order valence-electron chi connectivity index (χ0n) is 17.9. The van der Waals surface area contributed by atoms with Crippen LogP contribution in [0.5, 0.6) is 0 Å². The standard InChI is InChI=1S/C23H32N4O2/c1-5-13-24-22(29)27(23(2,3)4)17-20(28)26-16-15-25-14-9-12-19(25)21(26)18-10-7-6-8-11-18/h6-12,14,21H,5,13,15-17H2,1-4H3,(H,24,29)/t21-/m0/s1. The van der Waals surface area contributed by atoms with Crippen molar-refractivity contribution in [1.29, 1.82) is 0 Å². The zero-order chi connectivity index (χ0) is 21.0. The molecule has 0 saturated carbocycles. The molecule has 1 aromatic carbocycles. The van der Waals surface area contributed by atoms with Gasteiger partial charge in [-0.3, -0.25) is 4.79 Å². The van der Waals surface area contributed by atoms with Gasteiger partial charge in [-0.15, -0.1) is 0 Å². The normalized spacial score (nSPS) is 16.3. The highest BCUT2D eigenvalue weighted by molar-refractivity contribution is 5.85. The van der Waals surface area contributed by atoms with E-state index in [2.05, 4.69) is 34.3 Å². The highest BCUT2D eigenvalue weighted by Gasteiger charge is 2.35. The highest BCUT2D eigenvalue weighted by atomic mass is 16.2. The summed E-state index contributed by atoms with van der Waals surface area (Å²) in [5.74, 6) is -0.0344. The first kappa shape index (κ1) is 21.0. The van der Waals surface area contributed by atoms with E-state index in [0.717, 1.165) is 24.2 Å². The van der Waals surface area contributed by atoms with Crippen molar-refractivity contribution in [1.82, 2.24) is 19.7 Å². The van der Waals surface area contributed by atoms with Crippen LogP contribution < -0.4 is 5.32 Å². The number of hydrogen-bond donors (Lipinski definition) is 1. The molecular weight excluding hydrogens is 364 g/mol. The van der Waals surface area contributed by atoms with Crippen LogP contribution in [0.1, 0.15) is 51.4 Å². The molecule has 6 heteroatoms. The van der Waals surface area contributed by atoms with Crippen LogP contribution in [0.15, 0.2) is 48.7 Å². The number of aromatic nitrogens is 1. The van der Waals surface area contributed by atoms with Gasteiger partial charge in [0.15, 0.2) is 0 Å². The Bertz CT molecular complexity index is 838. The van der Waals surface area contributed by atoms with E-state index < -0.39 is 5.54 Å². The Labute approximate surface area is 173 Å². The van der Waals surface area contributed by atoms with Crippen molar-refractivity contribution in [2.45, 2.75) is 52.2 Å². The summed E-state index contributed by atoms with van der Waals surface area (Å²) in [6, 6.07) is 13.9. The number of urea groups is 1. The van der Waals surface area contributed by atoms with E-state index in [9.17, 15) is 9.59 Å². The van der Waals surface area contributed by atoms with Crippen molar-refractivity contribution in [3.05, 3.63) is 59.9 Å². The minimum atomic E-state index is -0.453. The lowest BCUT2D eigenvalue weighted by Gasteiger charge is -2.41. The fourth-order valence-electron chi connectivity index (χ4n) is 3.81. The Morgan fingerprint density at radius 2 is 1.83 bits per heavy atom. The average molecular weight is 397 g/mol. The molecule has 2 aromatic rings. The summed E-state index contributed by atoms with van der Waals surface area (Å²) < 4.78 is 2.21. The molecule has 1 aliphatic heterocycles. The molecule has 0 bridgehead atoms. The van der Waals surface area contributed by atoms with E-state index >= 15 is 0 Å². The van der Waals surface area contributed by atoms with Gasteiger partial charge in [0.1, 0.15) is 6.54 Å². The maximum absolute atomic E-state index is 13.4. The van der Waals surface area contributed by atoms with Crippen molar-refractivity contribution in [3.8, 4) is 0 Å². The molecule has 1 aliphatic rings. The van der Waals surface area contributed by atoms with Crippen molar-refractivity contribution in [2.24, 2.45) is 0 Å². The predicted molar refractivity (Wildman–Crippen MR) is 115 cm³/mol. The highest BCUT2D eigenvalue weighted by Crippen LogP contribution is 2.32. The van der Waals surface area contributed by atoms with Crippen molar-refractivity contribution < 1.29 is 9.59 Å². The van der Waals surface area contributed by atoms with Crippen LogP contribution in [-0.4, -0.2) is 51.5 Å². The van der Waals surface area contributed by atoms with Gasteiger partial charge in [0.05, 0.1) is 6.04 Å². The van der Waals surface area contributed by atoms with Gasteiger partial charge in [0.25, 0.3) is 0 Å². The minimum Gasteiger partial charge on any atom is -0.348 e. The molecule has 2 heterocycles. The van der Waals surface area contributed by atoms with Gasteiger partial charge in [0, 0.05) is 37.1 Å². The Morgan fingerprint density at radius 1 is 1.10 bits per heavy atom. The molecule has 1 atom stereocenters. The molecule has 0 aliphatic carbocycles. The molecular formula is C23H32N4O2. The third-order valence-corrected chi connectivity index (χ3v) is 5.35. The maximum atomic E-state index is 13.4. The van der Waals surface area contributed by atoms with Gasteiger partial charge in [-0.1, -0.05) is 37.3 Å². The molecule has 1 N–H and O–H groups in total. The molecule has 0 radical (unpaired) electrons. The second kappa shape index (κ2) is 8.72. The average Bonchev–Trinajstić information content (AvgIpc) is 3.17. The maximum Gasteiger partial charge on any atom is 0.318 e. The molecule has 0 fully saturated rings. The molecule has 3 rings (SSSR count). The van der Waals surface area contributed by atoms with E-state index in [0.29, 0.717) is 13.1 Å². The lowest BCUT2D eigenvalue weighted by molar-refractivity contribution is -0.135. The Kier molecular flexibility index (Phi) is 6.30. The van der Waals surface area contributed by atoms with Gasteiger partial charge in [0.2, 0.25) is 5.91 Å². The van der Waals surface area contributed by atoms with Crippen LogP contribution in [0.4, 0.5) is 4.79 Å². The molecule has 0 spiro atoms. The second-order valence-electron chi connectivity index (χ2n) is 8.52. The first-order valence-corrected chi connectivity index (χ1v) is 10.4. The van der Waals surface area contributed by atoms with Crippen LogP contribution in [0, 0.1) is 0 Å². The minimum absolute atomic E-state index is 0.0344. The SMILES string of the molecule is CCCNC(=O)N(CC(=O)N1CCn2cccc2[C@@H]1c1ccccc1)C(C)(C)C. The molecule has 3 amide bonds. The summed E-state index contributed by atoms with van der Waals surface area (Å²) in [5.41, 5.74) is 1.73. The quantitative estimate of drug-likeness (QED) is 0.839. The number of benzene rings is 1. The van der Waals surface area contributed by atoms with Gasteiger partial charge in [-0.25, -0.2) is 4.79 Å². The summed E-state index contributed by atoms with van der Waals surface area (Å²) >= 11 is 0. The molecule has 1 aromatic heterocycles. The summed E-state index contributed by atoms with van der Waals surface area (Å²) in [6.07, 6.45) is 2.92. The smallest absolute Gasteiger partial charge is 0.318 e. The van der Waals surface area contributed by atoms with Crippen LogP contribution in [0.3, 0.4) is 0 Å². The lowest BCUT2D eigenvalue weighted by atomic mass is 9.99. The first-order valence-electron chi connectivity index (χ1n) is 10.4. The first-order chi connectivity index (χ1) is 13.8. The van der Waals surface area contributed by atoms with Gasteiger partial charge in [-0.05, 0) is 44.9 Å². The van der Waals surface area contributed by atoms with E-state index in [1.807, 2.05) is 56.9 Å². The fourth-order valence-corrected chi connectivity index (χ4v) is 3.81. The monoisotopic (exact) mass is 396 g/mol. The van der Waals surface area contributed by atoms with Crippen LogP contribution in [0.2, 0.25) is 0 Å². The summed E-state index contributed by atoms with van der Waals surface area (Å²) in [7, 11) is 0. The van der Waals surface area contributed by atoms with Crippen molar-refractivity contribution in [2.75, 3.05) is 19.6 Å². The Balaban J connectivity index is 1.87. The lowest BCUT2D eigenvalue weighted by Crippen LogP contribution is -2.55. The largest absolute Gasteiger partial charge is 0.348 e. The number of fused-ring (bicyclic) bond motifs is 1.